The predicted octanol–water partition coefficient (Wildman–Crippen LogP) is 3.59. The molecule has 0 unspecified atom stereocenters. The van der Waals surface area contributed by atoms with Crippen molar-refractivity contribution in [2.75, 3.05) is 6.61 Å². The highest BCUT2D eigenvalue weighted by Crippen LogP contribution is 2.60. The Morgan fingerprint density at radius 1 is 1.19 bits per heavy atom. The zero-order chi connectivity index (χ0) is 15.1. The van der Waals surface area contributed by atoms with Gasteiger partial charge < -0.3 is 4.74 Å². The van der Waals surface area contributed by atoms with Crippen molar-refractivity contribution in [3.63, 3.8) is 0 Å². The number of carbonyl (C=O) groups excluding carboxylic acids is 1. The van der Waals surface area contributed by atoms with Crippen LogP contribution >= 0.6 is 12.0 Å². The predicted molar refractivity (Wildman–Crippen MR) is 78.0 cm³/mol. The van der Waals surface area contributed by atoms with Gasteiger partial charge in [0.05, 0.1) is 18.6 Å². The van der Waals surface area contributed by atoms with Gasteiger partial charge in [0.15, 0.2) is 0 Å². The average molecular weight is 316 g/mol. The Hall–Kier alpha value is -0.300. The van der Waals surface area contributed by atoms with Crippen LogP contribution in [0, 0.1) is 23.2 Å². The fraction of sp³-hybridized carbons (Fsp3) is 0.933. The Morgan fingerprint density at radius 3 is 2.19 bits per heavy atom. The quantitative estimate of drug-likeness (QED) is 0.350. The summed E-state index contributed by atoms with van der Waals surface area (Å²) in [7, 11) is 0. The van der Waals surface area contributed by atoms with Gasteiger partial charge in [-0.15, -0.1) is 4.33 Å². The third-order valence-corrected chi connectivity index (χ3v) is 6.15. The maximum Gasteiger partial charge on any atom is 0.324 e. The fourth-order valence-electron chi connectivity index (χ4n) is 4.99. The summed E-state index contributed by atoms with van der Waals surface area (Å²) >= 11 is 0.757. The minimum atomic E-state index is -0.898. The van der Waals surface area contributed by atoms with Crippen molar-refractivity contribution in [1.82, 2.24) is 0 Å². The highest BCUT2D eigenvalue weighted by atomic mass is 32.2. The second-order valence-electron chi connectivity index (χ2n) is 7.73. The van der Waals surface area contributed by atoms with Crippen LogP contribution < -0.4 is 0 Å². The molecule has 0 saturated heterocycles. The first kappa shape index (κ1) is 15.6. The highest BCUT2D eigenvalue weighted by molar-refractivity contribution is 7.96. The minimum absolute atomic E-state index is 0.222. The first-order valence-electron chi connectivity index (χ1n) is 7.76. The lowest BCUT2D eigenvalue weighted by atomic mass is 9.50. The summed E-state index contributed by atoms with van der Waals surface area (Å²) in [5.41, 5.74) is 0.222. The lowest BCUT2D eigenvalue weighted by molar-refractivity contribution is -0.432. The van der Waals surface area contributed by atoms with Crippen LogP contribution in [0.15, 0.2) is 0 Å². The molecule has 0 amide bonds. The van der Waals surface area contributed by atoms with Crippen molar-refractivity contribution in [3.8, 4) is 0 Å². The van der Waals surface area contributed by atoms with E-state index >= 15 is 0 Å². The molecule has 6 heteroatoms. The van der Waals surface area contributed by atoms with Crippen LogP contribution in [0.2, 0.25) is 0 Å². The third kappa shape index (κ3) is 3.23. The molecule has 4 saturated carbocycles. The van der Waals surface area contributed by atoms with Gasteiger partial charge in [-0.05, 0) is 70.1 Å². The summed E-state index contributed by atoms with van der Waals surface area (Å²) in [6.07, 6.45) is 7.81. The van der Waals surface area contributed by atoms with Crippen LogP contribution in [0.1, 0.15) is 52.4 Å². The van der Waals surface area contributed by atoms with Gasteiger partial charge in [0.1, 0.15) is 4.75 Å². The summed E-state index contributed by atoms with van der Waals surface area (Å²) in [5, 5.41) is 11.8. The molecule has 4 aliphatic rings. The largest absolute Gasteiger partial charge is 0.464 e. The van der Waals surface area contributed by atoms with Crippen LogP contribution in [0.4, 0.5) is 0 Å². The molecule has 21 heavy (non-hydrogen) atoms. The SMILES string of the molecule is CC(C)(SOOO)C(=O)OCC12CC3CC(CC(C3)C1)C2. The monoisotopic (exact) mass is 316 g/mol. The first-order chi connectivity index (χ1) is 9.92. The molecule has 0 aromatic heterocycles. The van der Waals surface area contributed by atoms with E-state index in [1.54, 1.807) is 13.8 Å². The van der Waals surface area contributed by atoms with Crippen LogP contribution in [0.25, 0.3) is 0 Å². The van der Waals surface area contributed by atoms with Gasteiger partial charge in [-0.2, -0.15) is 0 Å². The van der Waals surface area contributed by atoms with Crippen molar-refractivity contribution in [2.24, 2.45) is 23.2 Å². The van der Waals surface area contributed by atoms with Gasteiger partial charge >= 0.3 is 5.97 Å². The molecule has 4 fully saturated rings. The van der Waals surface area contributed by atoms with Crippen molar-refractivity contribution < 1.29 is 24.2 Å². The van der Waals surface area contributed by atoms with E-state index < -0.39 is 4.75 Å². The summed E-state index contributed by atoms with van der Waals surface area (Å²) in [6, 6.07) is 0. The summed E-state index contributed by atoms with van der Waals surface area (Å²) in [6.45, 7) is 3.91. The topological polar surface area (TPSA) is 65.0 Å². The smallest absolute Gasteiger partial charge is 0.324 e. The number of hydrogen-bond acceptors (Lipinski definition) is 6. The van der Waals surface area contributed by atoms with E-state index in [1.165, 1.54) is 38.5 Å². The van der Waals surface area contributed by atoms with E-state index in [0.717, 1.165) is 29.8 Å². The fourth-order valence-corrected chi connectivity index (χ4v) is 5.32. The Balaban J connectivity index is 1.56. The van der Waals surface area contributed by atoms with Crippen molar-refractivity contribution in [2.45, 2.75) is 57.1 Å². The Bertz CT molecular complexity index is 374. The van der Waals surface area contributed by atoms with Crippen LogP contribution in [-0.2, 0) is 18.9 Å². The van der Waals surface area contributed by atoms with Crippen LogP contribution in [0.5, 0.6) is 0 Å². The lowest BCUT2D eigenvalue weighted by Crippen LogP contribution is -2.49. The normalized spacial score (nSPS) is 37.8. The minimum Gasteiger partial charge on any atom is -0.464 e. The molecule has 0 heterocycles. The molecule has 0 atom stereocenters. The van der Waals surface area contributed by atoms with E-state index in [4.69, 9.17) is 9.99 Å². The Kier molecular flexibility index (Phi) is 4.25. The number of ether oxygens (including phenoxy) is 1. The zero-order valence-electron chi connectivity index (χ0n) is 12.7. The first-order valence-corrected chi connectivity index (χ1v) is 8.50. The van der Waals surface area contributed by atoms with E-state index in [9.17, 15) is 4.79 Å². The van der Waals surface area contributed by atoms with E-state index in [2.05, 4.69) is 9.37 Å². The molecule has 0 radical (unpaired) electrons. The molecule has 4 aliphatic carbocycles. The Morgan fingerprint density at radius 2 is 1.71 bits per heavy atom. The van der Waals surface area contributed by atoms with Gasteiger partial charge in [-0.3, -0.25) is 4.79 Å². The van der Waals surface area contributed by atoms with Crippen molar-refractivity contribution in [3.05, 3.63) is 0 Å². The van der Waals surface area contributed by atoms with Crippen LogP contribution in [0.3, 0.4) is 0 Å². The average Bonchev–Trinajstić information content (AvgIpc) is 2.41. The van der Waals surface area contributed by atoms with E-state index in [1.807, 2.05) is 0 Å². The molecule has 4 rings (SSSR count). The summed E-state index contributed by atoms with van der Waals surface area (Å²) < 4.78 is 9.10. The molecule has 5 nitrogen and oxygen atoms in total. The van der Waals surface area contributed by atoms with Gasteiger partial charge in [-0.25, -0.2) is 5.26 Å². The van der Waals surface area contributed by atoms with Gasteiger partial charge in [0, 0.05) is 5.41 Å². The molecule has 4 bridgehead atoms. The molecule has 0 aliphatic heterocycles. The maximum absolute atomic E-state index is 12.2. The second kappa shape index (κ2) is 5.72. The van der Waals surface area contributed by atoms with Crippen molar-refractivity contribution >= 4 is 18.0 Å². The number of carbonyl (C=O) groups is 1. The molecule has 1 N–H and O–H groups in total. The number of esters is 1. The standard InChI is InChI=1S/C15H24O5S/c1-14(2,21-20-19-17)13(16)18-9-15-6-10-3-11(7-15)5-12(4-10)8-15/h10-12,17H,3-9H2,1-2H3. The van der Waals surface area contributed by atoms with Gasteiger partial charge in [-0.1, -0.05) is 5.04 Å². The molecular formula is C15H24O5S. The summed E-state index contributed by atoms with van der Waals surface area (Å²) in [5.74, 6) is 2.23. The third-order valence-electron chi connectivity index (χ3n) is 5.44. The zero-order valence-corrected chi connectivity index (χ0v) is 13.5. The van der Waals surface area contributed by atoms with E-state index in [0.29, 0.717) is 6.61 Å². The number of rotatable bonds is 6. The molecule has 0 aromatic carbocycles. The molecule has 0 aromatic rings. The summed E-state index contributed by atoms with van der Waals surface area (Å²) in [4.78, 5) is 12.2. The molecular weight excluding hydrogens is 292 g/mol. The molecule has 0 spiro atoms. The number of hydrogen-bond donors (Lipinski definition) is 1. The van der Waals surface area contributed by atoms with Gasteiger partial charge in [0.25, 0.3) is 0 Å². The highest BCUT2D eigenvalue weighted by Gasteiger charge is 2.51. The Labute approximate surface area is 129 Å². The van der Waals surface area contributed by atoms with E-state index in [-0.39, 0.29) is 11.4 Å². The second-order valence-corrected chi connectivity index (χ2v) is 9.05. The molecule has 120 valence electrons. The maximum atomic E-state index is 12.2. The van der Waals surface area contributed by atoms with Crippen molar-refractivity contribution in [1.29, 1.82) is 0 Å². The van der Waals surface area contributed by atoms with Gasteiger partial charge in [0.2, 0.25) is 0 Å². The van der Waals surface area contributed by atoms with Crippen LogP contribution in [-0.4, -0.2) is 22.6 Å². The lowest BCUT2D eigenvalue weighted by Gasteiger charge is -2.56.